The summed E-state index contributed by atoms with van der Waals surface area (Å²) in [6, 6.07) is 8.49. The molecule has 0 unspecified atom stereocenters. The highest BCUT2D eigenvalue weighted by Gasteiger charge is 2.54. The minimum Gasteiger partial charge on any atom is -0.384 e. The smallest absolute Gasteiger partial charge is 0.259 e. The zero-order valence-corrected chi connectivity index (χ0v) is 13.2. The number of amides is 1. The number of aromatic nitrogens is 1. The van der Waals surface area contributed by atoms with Crippen molar-refractivity contribution in [1.29, 1.82) is 0 Å². The van der Waals surface area contributed by atoms with Gasteiger partial charge in [0.1, 0.15) is 17.5 Å². The molecule has 0 bridgehead atoms. The van der Waals surface area contributed by atoms with Crippen LogP contribution in [0.5, 0.6) is 0 Å². The Morgan fingerprint density at radius 3 is 2.60 bits per heavy atom. The van der Waals surface area contributed by atoms with Crippen LogP contribution in [-0.4, -0.2) is 16.7 Å². The van der Waals surface area contributed by atoms with E-state index in [2.05, 4.69) is 15.3 Å². The number of carbonyl (C=O) groups excluding carboxylic acids is 1. The Morgan fingerprint density at radius 2 is 1.96 bits per heavy atom. The lowest BCUT2D eigenvalue weighted by Crippen LogP contribution is -2.24. The lowest BCUT2D eigenvalue weighted by molar-refractivity contribution is -0.120. The molecule has 1 heterocycles. The summed E-state index contributed by atoms with van der Waals surface area (Å²) in [4.78, 5) is 20.2. The van der Waals surface area contributed by atoms with Gasteiger partial charge in [0.25, 0.3) is 5.91 Å². The predicted molar refractivity (Wildman–Crippen MR) is 90.9 cm³/mol. The molecule has 1 fully saturated rings. The second-order valence-corrected chi connectivity index (χ2v) is 5.74. The van der Waals surface area contributed by atoms with Gasteiger partial charge in [0.15, 0.2) is 0 Å². The first-order chi connectivity index (χ1) is 12.0. The molecule has 0 aliphatic heterocycles. The van der Waals surface area contributed by atoms with E-state index in [-0.39, 0.29) is 17.3 Å². The number of nitrogens with zero attached hydrogens (tertiary/aromatic N) is 2. The molecule has 1 aromatic heterocycles. The quantitative estimate of drug-likeness (QED) is 0.647. The molecule has 0 saturated heterocycles. The average Bonchev–Trinajstić information content (AvgIpc) is 3.39. The number of nitrogens with two attached hydrogens (primary N) is 1. The number of hydrogen-bond acceptors (Lipinski definition) is 3. The van der Waals surface area contributed by atoms with Crippen molar-refractivity contribution < 1.29 is 13.6 Å². The van der Waals surface area contributed by atoms with Gasteiger partial charge in [0.05, 0.1) is 11.1 Å². The minimum absolute atomic E-state index is 0.0118. The third-order valence-electron chi connectivity index (χ3n) is 3.95. The fourth-order valence-corrected chi connectivity index (χ4v) is 2.45. The Balaban J connectivity index is 1.67. The normalized spacial score (nSPS) is 16.0. The van der Waals surface area contributed by atoms with Crippen molar-refractivity contribution in [1.82, 2.24) is 4.98 Å². The number of anilines is 1. The third-order valence-corrected chi connectivity index (χ3v) is 3.95. The van der Waals surface area contributed by atoms with Crippen LogP contribution in [0.2, 0.25) is 0 Å². The van der Waals surface area contributed by atoms with Crippen molar-refractivity contribution >= 4 is 17.4 Å². The van der Waals surface area contributed by atoms with Gasteiger partial charge in [0, 0.05) is 18.1 Å². The summed E-state index contributed by atoms with van der Waals surface area (Å²) in [5, 5.41) is 2.88. The average molecular weight is 342 g/mol. The summed E-state index contributed by atoms with van der Waals surface area (Å²) in [6.07, 6.45) is 5.33. The highest BCUT2D eigenvalue weighted by Crippen LogP contribution is 2.49. The van der Waals surface area contributed by atoms with Gasteiger partial charge >= 0.3 is 0 Å². The van der Waals surface area contributed by atoms with Gasteiger partial charge in [-0.1, -0.05) is 0 Å². The maximum atomic E-state index is 13.9. The van der Waals surface area contributed by atoms with Crippen LogP contribution in [0.1, 0.15) is 18.5 Å². The second-order valence-electron chi connectivity index (χ2n) is 5.74. The molecule has 7 heteroatoms. The van der Waals surface area contributed by atoms with Crippen molar-refractivity contribution in [2.24, 2.45) is 10.7 Å². The third kappa shape index (κ3) is 3.71. The van der Waals surface area contributed by atoms with Crippen LogP contribution in [0.3, 0.4) is 0 Å². The van der Waals surface area contributed by atoms with Gasteiger partial charge in [-0.3, -0.25) is 9.78 Å². The van der Waals surface area contributed by atoms with Gasteiger partial charge in [-0.2, -0.15) is 4.99 Å². The van der Waals surface area contributed by atoms with Gasteiger partial charge in [0.2, 0.25) is 0 Å². The highest BCUT2D eigenvalue weighted by atomic mass is 19.1. The van der Waals surface area contributed by atoms with E-state index in [0.29, 0.717) is 18.5 Å². The van der Waals surface area contributed by atoms with Crippen LogP contribution in [-0.2, 0) is 10.2 Å². The largest absolute Gasteiger partial charge is 0.384 e. The van der Waals surface area contributed by atoms with Crippen LogP contribution in [0.15, 0.2) is 59.9 Å². The van der Waals surface area contributed by atoms with E-state index in [4.69, 9.17) is 5.73 Å². The molecular formula is C18H16F2N4O. The van der Waals surface area contributed by atoms with Crippen molar-refractivity contribution in [3.8, 4) is 0 Å². The zero-order valence-electron chi connectivity index (χ0n) is 13.2. The van der Waals surface area contributed by atoms with Crippen LogP contribution in [0.25, 0.3) is 0 Å². The summed E-state index contributed by atoms with van der Waals surface area (Å²) in [7, 11) is 0. The van der Waals surface area contributed by atoms with Gasteiger partial charge in [-0.05, 0) is 55.3 Å². The van der Waals surface area contributed by atoms with Crippen molar-refractivity contribution in [3.63, 3.8) is 0 Å². The predicted octanol–water partition coefficient (Wildman–Crippen LogP) is 2.90. The van der Waals surface area contributed by atoms with Crippen LogP contribution < -0.4 is 11.1 Å². The van der Waals surface area contributed by atoms with Crippen molar-refractivity contribution in [2.75, 3.05) is 5.32 Å². The Morgan fingerprint density at radius 1 is 1.24 bits per heavy atom. The SMILES string of the molecule is NC(/C=C\Nc1ccc(F)cc1)=NC(=O)C1(c2ncccc2F)CC1. The fourth-order valence-electron chi connectivity index (χ4n) is 2.45. The molecule has 1 saturated carbocycles. The molecule has 1 aliphatic carbocycles. The Bertz CT molecular complexity index is 842. The monoisotopic (exact) mass is 342 g/mol. The molecule has 1 amide bonds. The van der Waals surface area contributed by atoms with Crippen molar-refractivity contribution in [2.45, 2.75) is 18.3 Å². The van der Waals surface area contributed by atoms with Crippen molar-refractivity contribution in [3.05, 3.63) is 72.2 Å². The number of hydrogen-bond donors (Lipinski definition) is 2. The van der Waals surface area contributed by atoms with E-state index in [1.54, 1.807) is 12.1 Å². The summed E-state index contributed by atoms with van der Waals surface area (Å²) in [5.74, 6) is -1.37. The lowest BCUT2D eigenvalue weighted by Gasteiger charge is -2.11. The number of benzene rings is 1. The molecule has 1 aliphatic rings. The number of aliphatic imine (C=N–C) groups is 1. The Kier molecular flexibility index (Phi) is 4.56. The van der Waals surface area contributed by atoms with E-state index >= 15 is 0 Å². The fraction of sp³-hybridized carbons (Fsp3) is 0.167. The summed E-state index contributed by atoms with van der Waals surface area (Å²) < 4.78 is 26.7. The zero-order chi connectivity index (χ0) is 17.9. The van der Waals surface area contributed by atoms with Gasteiger partial charge < -0.3 is 11.1 Å². The van der Waals surface area contributed by atoms with E-state index in [1.165, 1.54) is 42.7 Å². The molecule has 25 heavy (non-hydrogen) atoms. The molecular weight excluding hydrogens is 326 g/mol. The number of pyridine rings is 1. The maximum Gasteiger partial charge on any atom is 0.259 e. The van der Waals surface area contributed by atoms with Gasteiger partial charge in [-0.25, -0.2) is 8.78 Å². The van der Waals surface area contributed by atoms with Gasteiger partial charge in [-0.15, -0.1) is 0 Å². The molecule has 5 nitrogen and oxygen atoms in total. The van der Waals surface area contributed by atoms with E-state index < -0.39 is 17.1 Å². The van der Waals surface area contributed by atoms with Crippen LogP contribution >= 0.6 is 0 Å². The van der Waals surface area contributed by atoms with E-state index in [1.807, 2.05) is 0 Å². The molecule has 2 aromatic rings. The minimum atomic E-state index is -1.01. The molecule has 3 rings (SSSR count). The molecule has 128 valence electrons. The number of amidine groups is 1. The standard InChI is InChI=1S/C18H16F2N4O/c19-12-3-5-13(6-4-12)22-11-7-15(21)24-17(25)18(8-9-18)16-14(20)2-1-10-23-16/h1-7,10-11,22H,8-9H2,(H2,21,24,25)/b11-7-. The first-order valence-corrected chi connectivity index (χ1v) is 7.69. The molecule has 0 radical (unpaired) electrons. The summed E-state index contributed by atoms with van der Waals surface area (Å²) >= 11 is 0. The summed E-state index contributed by atoms with van der Waals surface area (Å²) in [5.41, 5.74) is 5.50. The number of rotatable bonds is 5. The van der Waals surface area contributed by atoms with E-state index in [0.717, 1.165) is 0 Å². The number of carbonyl (C=O) groups is 1. The molecule has 3 N–H and O–H groups in total. The van der Waals surface area contributed by atoms with Crippen LogP contribution in [0, 0.1) is 11.6 Å². The highest BCUT2D eigenvalue weighted by molar-refractivity contribution is 6.04. The van der Waals surface area contributed by atoms with E-state index in [9.17, 15) is 13.6 Å². The Hall–Kier alpha value is -3.09. The number of nitrogens with one attached hydrogen (secondary N) is 1. The number of halogens is 2. The first kappa shape index (κ1) is 16.8. The molecule has 0 atom stereocenters. The lowest BCUT2D eigenvalue weighted by atomic mass is 10.0. The van der Waals surface area contributed by atoms with Crippen LogP contribution in [0.4, 0.5) is 14.5 Å². The molecule has 1 aromatic carbocycles. The second kappa shape index (κ2) is 6.80. The first-order valence-electron chi connectivity index (χ1n) is 7.69. The maximum absolute atomic E-state index is 13.9. The Labute approximate surface area is 143 Å². The summed E-state index contributed by atoms with van der Waals surface area (Å²) in [6.45, 7) is 0. The molecule has 0 spiro atoms. The topological polar surface area (TPSA) is 80.4 Å².